The first-order valence-corrected chi connectivity index (χ1v) is 20.5. The van der Waals surface area contributed by atoms with Crippen molar-refractivity contribution in [2.24, 2.45) is 33.7 Å². The maximum atomic E-state index is 13.7. The SMILES string of the molecule is COC1CC(OC2CCCC3(O)CCC4C(CCC5(C)C(C6=CC(=O)OC6)CCC45O)C23C=O)OC(C)C1OS(=O)(=O)c1ccc(N=[N+]=[N-])c(I)c1. The number of halogens is 1. The maximum Gasteiger partial charge on any atom is 0.331 e. The van der Waals surface area contributed by atoms with Crippen molar-refractivity contribution >= 4 is 50.7 Å². The molecule has 7 rings (SSSR count). The smallest absolute Gasteiger partial charge is 0.331 e. The van der Waals surface area contributed by atoms with Crippen LogP contribution in [0, 0.1) is 32.2 Å². The highest BCUT2D eigenvalue weighted by Crippen LogP contribution is 2.70. The van der Waals surface area contributed by atoms with Gasteiger partial charge >= 0.3 is 5.97 Å². The van der Waals surface area contributed by atoms with Gasteiger partial charge in [-0.25, -0.2) is 4.79 Å². The van der Waals surface area contributed by atoms with Gasteiger partial charge in [0.2, 0.25) is 0 Å². The maximum absolute atomic E-state index is 13.7. The number of esters is 1. The van der Waals surface area contributed by atoms with Crippen molar-refractivity contribution in [2.75, 3.05) is 13.7 Å². The molecule has 284 valence electrons. The summed E-state index contributed by atoms with van der Waals surface area (Å²) in [7, 11) is -2.83. The van der Waals surface area contributed by atoms with Gasteiger partial charge in [0.1, 0.15) is 19.0 Å². The van der Waals surface area contributed by atoms with Gasteiger partial charge < -0.3 is 34.0 Å². The van der Waals surface area contributed by atoms with Crippen LogP contribution in [0.1, 0.15) is 78.1 Å². The predicted molar refractivity (Wildman–Crippen MR) is 192 cm³/mol. The normalized spacial score (nSPS) is 43.0. The molecule has 12 unspecified atom stereocenters. The lowest BCUT2D eigenvalue weighted by Gasteiger charge is -2.66. The number of aliphatic hydroxyl groups is 2. The van der Waals surface area contributed by atoms with E-state index in [4.69, 9.17) is 28.7 Å². The number of azide groups is 1. The second-order valence-corrected chi connectivity index (χ2v) is 18.5. The standard InChI is InChI=1S/C36H46IN3O11S/c1-20-32(51-52(45,46)22-6-7-27(39-40-38)26(37)16-22)28(47-3)17-31(49-20)50-29-5-4-11-34(43)13-9-25-24(35(29,34)19-41)8-12-33(2)23(10-14-36(25,33)44)21-15-30(42)48-18-21/h6-7,15-16,19-20,23-25,28-29,31-32,43-44H,4-5,8-14,17-18H2,1-3H3. The summed E-state index contributed by atoms with van der Waals surface area (Å²) in [6.45, 7) is 4.02. The third-order valence-electron chi connectivity index (χ3n) is 13.7. The molecule has 6 aliphatic rings. The predicted octanol–water partition coefficient (Wildman–Crippen LogP) is 5.39. The van der Waals surface area contributed by atoms with Crippen molar-refractivity contribution in [2.45, 2.75) is 125 Å². The first kappa shape index (κ1) is 38.1. The Bertz CT molecular complexity index is 1810. The number of carbonyl (C=O) groups excluding carboxylic acids is 2. The quantitative estimate of drug-likeness (QED) is 0.0613. The Morgan fingerprint density at radius 3 is 2.56 bits per heavy atom. The Morgan fingerprint density at radius 2 is 1.88 bits per heavy atom. The molecule has 2 aliphatic heterocycles. The molecule has 16 heteroatoms. The summed E-state index contributed by atoms with van der Waals surface area (Å²) >= 11 is 1.89. The Balaban J connectivity index is 1.12. The topological polar surface area (TPSA) is 204 Å². The molecule has 1 aromatic rings. The largest absolute Gasteiger partial charge is 0.458 e. The van der Waals surface area contributed by atoms with Crippen molar-refractivity contribution in [1.29, 1.82) is 0 Å². The molecular weight excluding hydrogens is 809 g/mol. The minimum atomic E-state index is -4.29. The van der Waals surface area contributed by atoms with Crippen LogP contribution in [0.3, 0.4) is 0 Å². The number of cyclic esters (lactones) is 1. The van der Waals surface area contributed by atoms with Crippen molar-refractivity contribution in [3.63, 3.8) is 0 Å². The fourth-order valence-corrected chi connectivity index (χ4v) is 13.2. The summed E-state index contributed by atoms with van der Waals surface area (Å²) in [4.78, 5) is 28.3. The van der Waals surface area contributed by atoms with E-state index in [0.29, 0.717) is 61.4 Å². The van der Waals surface area contributed by atoms with E-state index >= 15 is 0 Å². The summed E-state index contributed by atoms with van der Waals surface area (Å²) in [5, 5.41) is 28.6. The molecule has 12 atom stereocenters. The van der Waals surface area contributed by atoms with Crippen LogP contribution in [0.15, 0.2) is 39.9 Å². The molecule has 0 spiro atoms. The second kappa shape index (κ2) is 13.9. The van der Waals surface area contributed by atoms with Crippen molar-refractivity contribution in [3.05, 3.63) is 43.9 Å². The first-order chi connectivity index (χ1) is 24.7. The number of hydrogen-bond donors (Lipinski definition) is 2. The van der Waals surface area contributed by atoms with Crippen LogP contribution in [-0.4, -0.2) is 86.5 Å². The number of methoxy groups -OCH3 is 1. The van der Waals surface area contributed by atoms with Gasteiger partial charge in [-0.15, -0.1) is 0 Å². The van der Waals surface area contributed by atoms with E-state index in [0.717, 1.165) is 11.9 Å². The van der Waals surface area contributed by atoms with E-state index in [-0.39, 0.29) is 47.3 Å². The van der Waals surface area contributed by atoms with Gasteiger partial charge in [0.05, 0.1) is 45.5 Å². The Kier molecular flexibility index (Phi) is 10.2. The second-order valence-electron chi connectivity index (χ2n) is 15.7. The zero-order valence-electron chi connectivity index (χ0n) is 29.5. The van der Waals surface area contributed by atoms with E-state index in [9.17, 15) is 28.2 Å². The highest BCUT2D eigenvalue weighted by molar-refractivity contribution is 14.1. The molecule has 4 saturated carbocycles. The summed E-state index contributed by atoms with van der Waals surface area (Å²) < 4.78 is 56.9. The Labute approximate surface area is 316 Å². The van der Waals surface area contributed by atoms with Crippen LogP contribution in [0.4, 0.5) is 5.69 Å². The van der Waals surface area contributed by atoms with E-state index < -0.39 is 62.9 Å². The summed E-state index contributed by atoms with van der Waals surface area (Å²) in [5.74, 6) is -0.988. The Hall–Kier alpha value is -2.15. The molecule has 2 heterocycles. The van der Waals surface area contributed by atoms with Gasteiger partial charge in [0, 0.05) is 33.5 Å². The van der Waals surface area contributed by atoms with Crippen molar-refractivity contribution in [3.8, 4) is 0 Å². The molecule has 1 saturated heterocycles. The number of rotatable bonds is 9. The molecule has 0 bridgehead atoms. The van der Waals surface area contributed by atoms with Gasteiger partial charge in [-0.1, -0.05) is 18.1 Å². The van der Waals surface area contributed by atoms with Crippen LogP contribution >= 0.6 is 22.6 Å². The molecule has 2 N–H and O–H groups in total. The van der Waals surface area contributed by atoms with Gasteiger partial charge in [0.15, 0.2) is 6.29 Å². The van der Waals surface area contributed by atoms with Crippen LogP contribution in [0.2, 0.25) is 0 Å². The molecule has 5 fully saturated rings. The number of fused-ring (bicyclic) bond motifs is 5. The van der Waals surface area contributed by atoms with E-state index in [2.05, 4.69) is 16.9 Å². The molecule has 52 heavy (non-hydrogen) atoms. The summed E-state index contributed by atoms with van der Waals surface area (Å²) in [6, 6.07) is 4.07. The fourth-order valence-electron chi connectivity index (χ4n) is 11.2. The molecule has 1 aromatic carbocycles. The monoisotopic (exact) mass is 855 g/mol. The number of aldehydes is 1. The van der Waals surface area contributed by atoms with Crippen molar-refractivity contribution < 1.29 is 51.4 Å². The average Bonchev–Trinajstić information content (AvgIpc) is 3.65. The summed E-state index contributed by atoms with van der Waals surface area (Å²) in [5.41, 5.74) is 5.71. The highest BCUT2D eigenvalue weighted by Gasteiger charge is 2.73. The van der Waals surface area contributed by atoms with Gasteiger partial charge in [-0.05, 0) is 128 Å². The zero-order chi connectivity index (χ0) is 37.3. The minimum Gasteiger partial charge on any atom is -0.458 e. The van der Waals surface area contributed by atoms with Crippen LogP contribution in [0.25, 0.3) is 10.4 Å². The molecule has 4 aliphatic carbocycles. The number of nitrogens with zero attached hydrogens (tertiary/aromatic N) is 3. The van der Waals surface area contributed by atoms with Crippen LogP contribution in [-0.2, 0) is 42.8 Å². The molecule has 14 nitrogen and oxygen atoms in total. The number of ether oxygens (including phenoxy) is 4. The lowest BCUT2D eigenvalue weighted by molar-refractivity contribution is -0.312. The third kappa shape index (κ3) is 5.86. The number of carbonyl (C=O) groups is 2. The third-order valence-corrected chi connectivity index (χ3v) is 15.9. The first-order valence-electron chi connectivity index (χ1n) is 18.1. The average molecular weight is 856 g/mol. The van der Waals surface area contributed by atoms with Crippen LogP contribution in [0.5, 0.6) is 0 Å². The Morgan fingerprint density at radius 1 is 1.12 bits per heavy atom. The number of benzene rings is 1. The van der Waals surface area contributed by atoms with Crippen LogP contribution < -0.4 is 0 Å². The lowest BCUT2D eigenvalue weighted by Crippen LogP contribution is -2.72. The summed E-state index contributed by atoms with van der Waals surface area (Å²) in [6.07, 6.45) is 3.31. The zero-order valence-corrected chi connectivity index (χ0v) is 32.5. The fraction of sp³-hybridized carbons (Fsp3) is 0.722. The van der Waals surface area contributed by atoms with E-state index in [1.165, 1.54) is 25.3 Å². The van der Waals surface area contributed by atoms with Gasteiger partial charge in [-0.3, -0.25) is 4.18 Å². The highest BCUT2D eigenvalue weighted by atomic mass is 127. The van der Waals surface area contributed by atoms with Gasteiger partial charge in [-0.2, -0.15) is 8.42 Å². The van der Waals surface area contributed by atoms with E-state index in [1.807, 2.05) is 22.6 Å². The molecular formula is C36H46IN3O11S. The molecule has 0 amide bonds. The number of hydrogen-bond acceptors (Lipinski definition) is 12. The van der Waals surface area contributed by atoms with Gasteiger partial charge in [0.25, 0.3) is 10.1 Å². The molecule has 0 radical (unpaired) electrons. The van der Waals surface area contributed by atoms with E-state index in [1.54, 1.807) is 13.0 Å². The minimum absolute atomic E-state index is 0.0147. The molecule has 0 aromatic heterocycles. The lowest BCUT2D eigenvalue weighted by atomic mass is 9.41. The van der Waals surface area contributed by atoms with Crippen molar-refractivity contribution in [1.82, 2.24) is 0 Å².